The second kappa shape index (κ2) is 4.92. The highest BCUT2D eigenvalue weighted by molar-refractivity contribution is 9.10. The molecule has 1 saturated carbocycles. The molecule has 100 valence electrons. The first-order valence-electron chi connectivity index (χ1n) is 5.72. The number of aliphatic hydroxyl groups is 1. The summed E-state index contributed by atoms with van der Waals surface area (Å²) in [6.45, 7) is 0.420. The van der Waals surface area contributed by atoms with Crippen molar-refractivity contribution in [1.82, 2.24) is 4.31 Å². The first-order chi connectivity index (χ1) is 8.39. The third kappa shape index (κ3) is 2.77. The lowest BCUT2D eigenvalue weighted by atomic mass is 10.1. The van der Waals surface area contributed by atoms with Crippen LogP contribution < -0.4 is 0 Å². The van der Waals surface area contributed by atoms with E-state index in [0.717, 1.165) is 17.3 Å². The topological polar surface area (TPSA) is 57.6 Å². The highest BCUT2D eigenvalue weighted by Gasteiger charge is 2.44. The first-order valence-corrected chi connectivity index (χ1v) is 7.96. The van der Waals surface area contributed by atoms with Crippen LogP contribution in [0.5, 0.6) is 0 Å². The van der Waals surface area contributed by atoms with E-state index in [4.69, 9.17) is 0 Å². The summed E-state index contributed by atoms with van der Waals surface area (Å²) in [5.41, 5.74) is -0.214. The van der Waals surface area contributed by atoms with E-state index in [0.29, 0.717) is 6.54 Å². The maximum Gasteiger partial charge on any atom is 0.242 e. The zero-order valence-electron chi connectivity index (χ0n) is 10.1. The van der Waals surface area contributed by atoms with Crippen LogP contribution in [-0.2, 0) is 10.0 Å². The average molecular weight is 334 g/mol. The molecular formula is C12H16BrNO3S. The van der Waals surface area contributed by atoms with E-state index in [2.05, 4.69) is 15.9 Å². The molecule has 0 aliphatic heterocycles. The highest BCUT2D eigenvalue weighted by Crippen LogP contribution is 2.46. The van der Waals surface area contributed by atoms with Gasteiger partial charge in [-0.2, -0.15) is 0 Å². The Balaban J connectivity index is 2.20. The number of nitrogens with zero attached hydrogens (tertiary/aromatic N) is 1. The maximum absolute atomic E-state index is 12.3. The monoisotopic (exact) mass is 333 g/mol. The maximum atomic E-state index is 12.3. The van der Waals surface area contributed by atoms with Crippen molar-refractivity contribution in [2.75, 3.05) is 20.2 Å². The molecule has 1 aliphatic rings. The molecule has 0 amide bonds. The van der Waals surface area contributed by atoms with Crippen LogP contribution >= 0.6 is 15.9 Å². The summed E-state index contributed by atoms with van der Waals surface area (Å²) in [6, 6.07) is 6.65. The van der Waals surface area contributed by atoms with Crippen LogP contribution in [-0.4, -0.2) is 38.0 Å². The smallest absolute Gasteiger partial charge is 0.242 e. The lowest BCUT2D eigenvalue weighted by molar-refractivity contribution is 0.192. The molecule has 1 fully saturated rings. The Morgan fingerprint density at radius 1 is 1.44 bits per heavy atom. The summed E-state index contributed by atoms with van der Waals surface area (Å²) >= 11 is 3.27. The van der Waals surface area contributed by atoms with E-state index in [-0.39, 0.29) is 16.9 Å². The molecule has 4 nitrogen and oxygen atoms in total. The predicted molar refractivity (Wildman–Crippen MR) is 72.7 cm³/mol. The van der Waals surface area contributed by atoms with Crippen molar-refractivity contribution in [3.05, 3.63) is 28.7 Å². The second-order valence-electron chi connectivity index (χ2n) is 4.88. The number of hydrogen-bond donors (Lipinski definition) is 1. The van der Waals surface area contributed by atoms with Crippen molar-refractivity contribution >= 4 is 26.0 Å². The molecule has 1 aliphatic carbocycles. The largest absolute Gasteiger partial charge is 0.396 e. The van der Waals surface area contributed by atoms with Crippen molar-refractivity contribution in [2.24, 2.45) is 5.41 Å². The molecule has 1 N–H and O–H groups in total. The molecule has 0 aromatic heterocycles. The number of rotatable bonds is 5. The Morgan fingerprint density at radius 3 is 2.61 bits per heavy atom. The van der Waals surface area contributed by atoms with E-state index in [9.17, 15) is 13.5 Å². The van der Waals surface area contributed by atoms with Gasteiger partial charge < -0.3 is 5.11 Å². The van der Waals surface area contributed by atoms with Gasteiger partial charge in [0.05, 0.1) is 4.90 Å². The van der Waals surface area contributed by atoms with Crippen LogP contribution in [0.1, 0.15) is 12.8 Å². The highest BCUT2D eigenvalue weighted by atomic mass is 79.9. The molecule has 2 rings (SSSR count). The van der Waals surface area contributed by atoms with Crippen molar-refractivity contribution in [3.8, 4) is 0 Å². The standard InChI is InChI=1S/C12H16BrNO3S/c1-14(8-12(9-15)5-6-12)18(16,17)11-4-2-3-10(13)7-11/h2-4,7,15H,5-6,8-9H2,1H3. The third-order valence-corrected chi connectivity index (χ3v) is 5.65. The quantitative estimate of drug-likeness (QED) is 0.894. The summed E-state index contributed by atoms with van der Waals surface area (Å²) in [4.78, 5) is 0.271. The van der Waals surface area contributed by atoms with E-state index >= 15 is 0 Å². The number of benzene rings is 1. The van der Waals surface area contributed by atoms with Crippen LogP contribution in [0.2, 0.25) is 0 Å². The van der Waals surface area contributed by atoms with E-state index < -0.39 is 10.0 Å². The summed E-state index contributed by atoms with van der Waals surface area (Å²) in [5, 5.41) is 9.26. The van der Waals surface area contributed by atoms with Gasteiger partial charge in [0.2, 0.25) is 10.0 Å². The summed E-state index contributed by atoms with van der Waals surface area (Å²) in [7, 11) is -1.91. The summed E-state index contributed by atoms with van der Waals surface area (Å²) in [6.07, 6.45) is 1.78. The molecule has 1 aromatic carbocycles. The van der Waals surface area contributed by atoms with Crippen LogP contribution in [0.3, 0.4) is 0 Å². The number of aliphatic hydroxyl groups excluding tert-OH is 1. The fourth-order valence-corrected chi connectivity index (χ4v) is 3.79. The van der Waals surface area contributed by atoms with Crippen LogP contribution in [0.4, 0.5) is 0 Å². The normalized spacial score (nSPS) is 18.0. The van der Waals surface area contributed by atoms with Gasteiger partial charge in [-0.05, 0) is 31.0 Å². The molecule has 0 unspecified atom stereocenters. The lowest BCUT2D eigenvalue weighted by Crippen LogP contribution is -2.34. The van der Waals surface area contributed by atoms with Gasteiger partial charge in [0.1, 0.15) is 0 Å². The number of sulfonamides is 1. The van der Waals surface area contributed by atoms with Crippen molar-refractivity contribution in [1.29, 1.82) is 0 Å². The van der Waals surface area contributed by atoms with Gasteiger partial charge in [-0.1, -0.05) is 22.0 Å². The molecule has 0 spiro atoms. The first kappa shape index (κ1) is 14.0. The molecule has 0 atom stereocenters. The summed E-state index contributed by atoms with van der Waals surface area (Å²) < 4.78 is 26.7. The van der Waals surface area contributed by atoms with Gasteiger partial charge in [0, 0.05) is 30.1 Å². The van der Waals surface area contributed by atoms with Gasteiger partial charge in [-0.25, -0.2) is 12.7 Å². The van der Waals surface area contributed by atoms with Gasteiger partial charge in [-0.15, -0.1) is 0 Å². The summed E-state index contributed by atoms with van der Waals surface area (Å²) in [5.74, 6) is 0. The van der Waals surface area contributed by atoms with Crippen molar-refractivity contribution in [3.63, 3.8) is 0 Å². The SMILES string of the molecule is CN(CC1(CO)CC1)S(=O)(=O)c1cccc(Br)c1. The Kier molecular flexibility index (Phi) is 3.82. The van der Waals surface area contributed by atoms with Crippen molar-refractivity contribution in [2.45, 2.75) is 17.7 Å². The van der Waals surface area contributed by atoms with Crippen LogP contribution in [0.25, 0.3) is 0 Å². The molecule has 1 aromatic rings. The molecule has 0 saturated heterocycles. The minimum Gasteiger partial charge on any atom is -0.396 e. The van der Waals surface area contributed by atoms with Gasteiger partial charge in [0.25, 0.3) is 0 Å². The zero-order chi connectivity index (χ0) is 13.4. The Hall–Kier alpha value is -0.430. The fraction of sp³-hybridized carbons (Fsp3) is 0.500. The minimum absolute atomic E-state index is 0.0470. The number of hydrogen-bond acceptors (Lipinski definition) is 3. The van der Waals surface area contributed by atoms with Gasteiger partial charge in [0.15, 0.2) is 0 Å². The van der Waals surface area contributed by atoms with Crippen LogP contribution in [0, 0.1) is 5.41 Å². The van der Waals surface area contributed by atoms with Gasteiger partial charge in [-0.3, -0.25) is 0 Å². The molecule has 6 heteroatoms. The average Bonchev–Trinajstić information content (AvgIpc) is 3.09. The molecular weight excluding hydrogens is 318 g/mol. The van der Waals surface area contributed by atoms with E-state index in [1.807, 2.05) is 0 Å². The number of halogens is 1. The van der Waals surface area contributed by atoms with Crippen LogP contribution in [0.15, 0.2) is 33.6 Å². The molecule has 0 radical (unpaired) electrons. The fourth-order valence-electron chi connectivity index (χ4n) is 1.91. The molecule has 0 bridgehead atoms. The zero-order valence-corrected chi connectivity index (χ0v) is 12.5. The molecule has 0 heterocycles. The van der Waals surface area contributed by atoms with E-state index in [1.54, 1.807) is 31.3 Å². The van der Waals surface area contributed by atoms with E-state index in [1.165, 1.54) is 4.31 Å². The van der Waals surface area contributed by atoms with Crippen molar-refractivity contribution < 1.29 is 13.5 Å². The third-order valence-electron chi connectivity index (χ3n) is 3.35. The molecule has 18 heavy (non-hydrogen) atoms. The Bertz CT molecular complexity index is 540. The lowest BCUT2D eigenvalue weighted by Gasteiger charge is -2.22. The Morgan fingerprint density at radius 2 is 2.11 bits per heavy atom. The Labute approximate surface area is 116 Å². The second-order valence-corrected chi connectivity index (χ2v) is 7.84. The van der Waals surface area contributed by atoms with Gasteiger partial charge >= 0.3 is 0 Å². The predicted octanol–water partition coefficient (Wildman–Crippen LogP) is 1.84. The minimum atomic E-state index is -3.47.